The number of aryl methyl sites for hydroxylation is 1. The smallest absolute Gasteiger partial charge is 0.416 e. The molecule has 6 unspecified atom stereocenters. The summed E-state index contributed by atoms with van der Waals surface area (Å²) in [6.07, 6.45) is 1.43. The van der Waals surface area contributed by atoms with Gasteiger partial charge in [0, 0.05) is 66.1 Å². The number of carbonyl (C=O) groups is 2. The van der Waals surface area contributed by atoms with Gasteiger partial charge in [0.25, 0.3) is 0 Å². The number of benzene rings is 2. The van der Waals surface area contributed by atoms with Crippen molar-refractivity contribution in [2.24, 2.45) is 10.8 Å². The molecule has 2 aliphatic rings. The number of aliphatic carboxylic acids is 2. The highest BCUT2D eigenvalue weighted by atomic mass is 19.4. The SMILES string of the molecule is CC1NC(C)C(CCCCCCn2ccnc2CC2COc3ccccc3O2)(C(=O)[O-])C(c2ccccc2C(F)(F)F)C1(C)C(=O)[O-]. The maximum absolute atomic E-state index is 14.3. The molecule has 2 aromatic carbocycles. The van der Waals surface area contributed by atoms with E-state index in [1.807, 2.05) is 35.0 Å². The summed E-state index contributed by atoms with van der Waals surface area (Å²) >= 11 is 0. The summed E-state index contributed by atoms with van der Waals surface area (Å²) in [5.41, 5.74) is -5.38. The number of carboxylic acids is 2. The van der Waals surface area contributed by atoms with E-state index >= 15 is 0 Å². The summed E-state index contributed by atoms with van der Waals surface area (Å²) in [7, 11) is 0. The molecule has 1 aromatic heterocycles. The van der Waals surface area contributed by atoms with Gasteiger partial charge in [-0.05, 0) is 50.5 Å². The Labute approximate surface area is 272 Å². The second-order valence-electron chi connectivity index (χ2n) is 12.9. The van der Waals surface area contributed by atoms with Gasteiger partial charge in [-0.25, -0.2) is 4.98 Å². The van der Waals surface area contributed by atoms with Gasteiger partial charge in [-0.3, -0.25) is 0 Å². The Bertz CT molecular complexity index is 1580. The lowest BCUT2D eigenvalue weighted by atomic mass is 9.50. The number of carboxylic acid groups (broad SMARTS) is 2. The first kappa shape index (κ1) is 34.3. The zero-order valence-electron chi connectivity index (χ0n) is 26.7. The predicted octanol–water partition coefficient (Wildman–Crippen LogP) is 3.89. The number of rotatable bonds is 12. The van der Waals surface area contributed by atoms with Crippen molar-refractivity contribution in [3.05, 3.63) is 77.9 Å². The molecular formula is C35H40F3N3O6-2. The number of unbranched alkanes of at least 4 members (excludes halogenated alkanes) is 3. The van der Waals surface area contributed by atoms with E-state index in [9.17, 15) is 33.0 Å². The summed E-state index contributed by atoms with van der Waals surface area (Å²) < 4.78 is 56.7. The first-order chi connectivity index (χ1) is 22.3. The number of halogens is 3. The topological polar surface area (TPSA) is 129 Å². The maximum atomic E-state index is 14.3. The molecule has 6 atom stereocenters. The first-order valence-corrected chi connectivity index (χ1v) is 16.0. The molecule has 2 aliphatic heterocycles. The number of para-hydroxylation sites is 2. The zero-order chi connectivity index (χ0) is 34.0. The zero-order valence-corrected chi connectivity index (χ0v) is 26.7. The monoisotopic (exact) mass is 655 g/mol. The lowest BCUT2D eigenvalue weighted by molar-refractivity contribution is -0.336. The highest BCUT2D eigenvalue weighted by Gasteiger charge is 2.60. The normalized spacial score (nSPS) is 27.4. The van der Waals surface area contributed by atoms with Crippen LogP contribution >= 0.6 is 0 Å². The average Bonchev–Trinajstić information content (AvgIpc) is 3.47. The minimum atomic E-state index is -4.83. The number of aromatic nitrogens is 2. The van der Waals surface area contributed by atoms with Gasteiger partial charge in [-0.15, -0.1) is 0 Å². The number of alkyl halides is 3. The van der Waals surface area contributed by atoms with Crippen molar-refractivity contribution in [1.82, 2.24) is 14.9 Å². The minimum Gasteiger partial charge on any atom is -0.549 e. The highest BCUT2D eigenvalue weighted by Crippen LogP contribution is 2.58. The van der Waals surface area contributed by atoms with Gasteiger partial charge in [0.15, 0.2) is 11.5 Å². The molecule has 0 spiro atoms. The fourth-order valence-electron chi connectivity index (χ4n) is 7.55. The van der Waals surface area contributed by atoms with Crippen LogP contribution in [0.2, 0.25) is 0 Å². The number of imidazole rings is 1. The number of piperidine rings is 1. The summed E-state index contributed by atoms with van der Waals surface area (Å²) in [4.78, 5) is 30.3. The molecular weight excluding hydrogens is 615 g/mol. The Hall–Kier alpha value is -4.06. The summed E-state index contributed by atoms with van der Waals surface area (Å²) in [5, 5.41) is 28.9. The number of nitrogens with zero attached hydrogens (tertiary/aromatic N) is 2. The molecule has 1 N–H and O–H groups in total. The Kier molecular flexibility index (Phi) is 9.91. The molecule has 1 fully saturated rings. The van der Waals surface area contributed by atoms with Gasteiger partial charge < -0.3 is 39.2 Å². The number of ether oxygens (including phenoxy) is 2. The highest BCUT2D eigenvalue weighted by molar-refractivity contribution is 5.82. The van der Waals surface area contributed by atoms with Crippen LogP contribution in [0.5, 0.6) is 11.5 Å². The van der Waals surface area contributed by atoms with E-state index in [1.54, 1.807) is 13.1 Å². The third kappa shape index (κ3) is 6.57. The van der Waals surface area contributed by atoms with Crippen molar-refractivity contribution < 1.29 is 42.4 Å². The van der Waals surface area contributed by atoms with Crippen molar-refractivity contribution in [2.75, 3.05) is 6.61 Å². The van der Waals surface area contributed by atoms with Crippen molar-refractivity contribution in [3.8, 4) is 11.5 Å². The predicted molar refractivity (Wildman–Crippen MR) is 162 cm³/mol. The van der Waals surface area contributed by atoms with E-state index in [2.05, 4.69) is 10.3 Å². The second kappa shape index (κ2) is 13.6. The summed E-state index contributed by atoms with van der Waals surface area (Å²) in [6.45, 7) is 5.44. The number of carbonyl (C=O) groups excluding carboxylic acids is 2. The molecule has 5 rings (SSSR count). The summed E-state index contributed by atoms with van der Waals surface area (Å²) in [5.74, 6) is -2.53. The Morgan fingerprint density at radius 1 is 0.979 bits per heavy atom. The third-order valence-corrected chi connectivity index (χ3v) is 10.2. The van der Waals surface area contributed by atoms with Gasteiger partial charge in [-0.1, -0.05) is 56.5 Å². The molecule has 1 saturated heterocycles. The van der Waals surface area contributed by atoms with Gasteiger partial charge >= 0.3 is 6.18 Å². The van der Waals surface area contributed by atoms with E-state index in [0.29, 0.717) is 50.3 Å². The van der Waals surface area contributed by atoms with E-state index in [1.165, 1.54) is 32.0 Å². The van der Waals surface area contributed by atoms with E-state index in [4.69, 9.17) is 9.47 Å². The molecule has 9 nitrogen and oxygen atoms in total. The fraction of sp³-hybridized carbons (Fsp3) is 0.514. The second-order valence-corrected chi connectivity index (χ2v) is 12.9. The number of nitrogens with one attached hydrogen (secondary N) is 1. The Balaban J connectivity index is 1.28. The molecule has 0 radical (unpaired) electrons. The van der Waals surface area contributed by atoms with E-state index < -0.39 is 52.5 Å². The van der Waals surface area contributed by atoms with Crippen LogP contribution in [0.25, 0.3) is 0 Å². The van der Waals surface area contributed by atoms with Crippen LogP contribution in [-0.2, 0) is 28.7 Å². The van der Waals surface area contributed by atoms with Gasteiger partial charge in [0.1, 0.15) is 18.5 Å². The van der Waals surface area contributed by atoms with Crippen LogP contribution < -0.4 is 25.0 Å². The molecule has 0 bridgehead atoms. The lowest BCUT2D eigenvalue weighted by Crippen LogP contribution is -2.72. The molecule has 254 valence electrons. The molecule has 0 saturated carbocycles. The Morgan fingerprint density at radius 3 is 2.36 bits per heavy atom. The van der Waals surface area contributed by atoms with E-state index in [-0.39, 0.29) is 18.1 Å². The van der Waals surface area contributed by atoms with E-state index in [0.717, 1.165) is 18.3 Å². The van der Waals surface area contributed by atoms with Crippen molar-refractivity contribution in [2.45, 2.75) is 96.1 Å². The molecule has 3 aromatic rings. The maximum Gasteiger partial charge on any atom is 0.416 e. The fourth-order valence-corrected chi connectivity index (χ4v) is 7.55. The Morgan fingerprint density at radius 2 is 1.66 bits per heavy atom. The van der Waals surface area contributed by atoms with Crippen LogP contribution in [0, 0.1) is 10.8 Å². The molecule has 47 heavy (non-hydrogen) atoms. The third-order valence-electron chi connectivity index (χ3n) is 10.2. The standard InChI is InChI=1S/C35H42F3N3O6/c1-22-33(3,31(42)43)30(25-12-6-7-13-26(25)35(36,37)38)34(32(44)45,23(2)40-22)16-10-4-5-11-18-41-19-17-39-29(41)20-24-21-46-27-14-8-9-15-28(27)47-24/h6-9,12-15,17,19,22-24,30,40H,4-5,10-11,16,18,20-21H2,1-3H3,(H,42,43)(H,44,45)/p-2. The molecule has 0 amide bonds. The largest absolute Gasteiger partial charge is 0.549 e. The van der Waals surface area contributed by atoms with Crippen LogP contribution in [0.3, 0.4) is 0 Å². The molecule has 12 heteroatoms. The number of hydrogen-bond donors (Lipinski definition) is 1. The molecule has 0 aliphatic carbocycles. The van der Waals surface area contributed by atoms with Crippen LogP contribution in [0.4, 0.5) is 13.2 Å². The number of fused-ring (bicyclic) bond motifs is 1. The average molecular weight is 656 g/mol. The van der Waals surface area contributed by atoms with Crippen LogP contribution in [-0.4, -0.2) is 46.3 Å². The van der Waals surface area contributed by atoms with Crippen molar-refractivity contribution >= 4 is 11.9 Å². The quantitative estimate of drug-likeness (QED) is 0.291. The van der Waals surface area contributed by atoms with Gasteiger partial charge in [0.05, 0.1) is 5.56 Å². The lowest BCUT2D eigenvalue weighted by Gasteiger charge is -2.61. The minimum absolute atomic E-state index is 0.0766. The molecule has 3 heterocycles. The van der Waals surface area contributed by atoms with Crippen molar-refractivity contribution in [3.63, 3.8) is 0 Å². The first-order valence-electron chi connectivity index (χ1n) is 16.0. The van der Waals surface area contributed by atoms with Crippen LogP contribution in [0.15, 0.2) is 60.9 Å². The van der Waals surface area contributed by atoms with Gasteiger partial charge in [0.2, 0.25) is 0 Å². The summed E-state index contributed by atoms with van der Waals surface area (Å²) in [6, 6.07) is 10.3. The van der Waals surface area contributed by atoms with Crippen molar-refractivity contribution in [1.29, 1.82) is 0 Å². The van der Waals surface area contributed by atoms with Crippen LogP contribution in [0.1, 0.15) is 75.7 Å². The van der Waals surface area contributed by atoms with Gasteiger partial charge in [-0.2, -0.15) is 13.2 Å². The number of hydrogen-bond acceptors (Lipinski definition) is 8.